The van der Waals surface area contributed by atoms with Crippen molar-refractivity contribution in [2.75, 3.05) is 27.3 Å². The van der Waals surface area contributed by atoms with Gasteiger partial charge in [-0.15, -0.1) is 0 Å². The number of pyridine rings is 1. The molecule has 1 saturated heterocycles. The molecule has 7 heteroatoms. The Kier molecular flexibility index (Phi) is 6.98. The molecule has 1 aliphatic heterocycles. The van der Waals surface area contributed by atoms with Gasteiger partial charge in [-0.3, -0.25) is 9.48 Å². The maximum atomic E-state index is 13.1. The van der Waals surface area contributed by atoms with E-state index in [9.17, 15) is 4.79 Å². The Balaban J connectivity index is 1.39. The van der Waals surface area contributed by atoms with Crippen LogP contribution in [0.2, 0.25) is 0 Å². The van der Waals surface area contributed by atoms with Gasteiger partial charge in [0.2, 0.25) is 11.8 Å². The monoisotopic (exact) mass is 482 g/mol. The van der Waals surface area contributed by atoms with Crippen LogP contribution in [-0.2, 0) is 11.3 Å². The number of nitrogens with zero attached hydrogens (tertiary/aromatic N) is 4. The van der Waals surface area contributed by atoms with Crippen LogP contribution >= 0.6 is 0 Å². The standard InChI is InChI=1S/C29H30N4O3/c1-35-24-12-10-21(11-13-24)19-33-26-16-17-30-29(36-2)28(26)25(31-33)14-15-27(34)32-18-6-9-23(20-32)22-7-4-3-5-8-22/h3-5,7-8,10-17,23H,6,9,18-20H2,1-2H3/b15-14+/t23-/m0/s1. The van der Waals surface area contributed by atoms with E-state index in [0.717, 1.165) is 48.1 Å². The first-order chi connectivity index (χ1) is 17.7. The minimum atomic E-state index is -0.00339. The zero-order chi connectivity index (χ0) is 24.9. The predicted octanol–water partition coefficient (Wildman–Crippen LogP) is 4.92. The lowest BCUT2D eigenvalue weighted by molar-refractivity contribution is -0.127. The maximum absolute atomic E-state index is 13.1. The molecule has 0 bridgehead atoms. The average molecular weight is 483 g/mol. The van der Waals surface area contributed by atoms with Gasteiger partial charge in [-0.2, -0.15) is 5.10 Å². The van der Waals surface area contributed by atoms with Crippen molar-refractivity contribution >= 4 is 22.9 Å². The van der Waals surface area contributed by atoms with Gasteiger partial charge in [0, 0.05) is 31.3 Å². The molecule has 0 saturated carbocycles. The second-order valence-electron chi connectivity index (χ2n) is 8.97. The van der Waals surface area contributed by atoms with Gasteiger partial charge in [0.1, 0.15) is 5.75 Å². The SMILES string of the molecule is COc1ccc(Cn2nc(/C=C/C(=O)N3CCC[C@H](c4ccccc4)C3)c3c(OC)nccc32)cc1. The molecule has 3 heterocycles. The first kappa shape index (κ1) is 23.6. The van der Waals surface area contributed by atoms with Crippen LogP contribution in [0, 0.1) is 0 Å². The molecular weight excluding hydrogens is 452 g/mol. The van der Waals surface area contributed by atoms with E-state index in [4.69, 9.17) is 14.6 Å². The summed E-state index contributed by atoms with van der Waals surface area (Å²) in [5, 5.41) is 5.61. The number of benzene rings is 2. The van der Waals surface area contributed by atoms with Gasteiger partial charge in [-0.05, 0) is 48.2 Å². The van der Waals surface area contributed by atoms with Crippen LogP contribution in [-0.4, -0.2) is 52.9 Å². The van der Waals surface area contributed by atoms with E-state index in [1.54, 1.807) is 32.6 Å². The zero-order valence-electron chi connectivity index (χ0n) is 20.6. The summed E-state index contributed by atoms with van der Waals surface area (Å²) in [6, 6.07) is 20.3. The van der Waals surface area contributed by atoms with Gasteiger partial charge in [-0.25, -0.2) is 4.98 Å². The summed E-state index contributed by atoms with van der Waals surface area (Å²) in [7, 11) is 3.25. The predicted molar refractivity (Wildman–Crippen MR) is 140 cm³/mol. The smallest absolute Gasteiger partial charge is 0.246 e. The number of aromatic nitrogens is 3. The number of methoxy groups -OCH3 is 2. The number of carbonyl (C=O) groups excluding carboxylic acids is 1. The number of rotatable bonds is 7. The molecule has 5 rings (SSSR count). The molecule has 0 spiro atoms. The third-order valence-corrected chi connectivity index (χ3v) is 6.73. The van der Waals surface area contributed by atoms with E-state index in [0.29, 0.717) is 24.0 Å². The second kappa shape index (κ2) is 10.6. The van der Waals surface area contributed by atoms with Crippen LogP contribution in [0.3, 0.4) is 0 Å². The van der Waals surface area contributed by atoms with Crippen LogP contribution in [0.25, 0.3) is 17.0 Å². The molecule has 36 heavy (non-hydrogen) atoms. The Labute approximate surface area is 211 Å². The summed E-state index contributed by atoms with van der Waals surface area (Å²) >= 11 is 0. The number of hydrogen-bond acceptors (Lipinski definition) is 5. The first-order valence-corrected chi connectivity index (χ1v) is 12.2. The number of carbonyl (C=O) groups is 1. The lowest BCUT2D eigenvalue weighted by Crippen LogP contribution is -2.38. The highest BCUT2D eigenvalue weighted by atomic mass is 16.5. The molecule has 2 aromatic heterocycles. The van der Waals surface area contributed by atoms with Crippen molar-refractivity contribution in [2.24, 2.45) is 0 Å². The first-order valence-electron chi connectivity index (χ1n) is 12.2. The van der Waals surface area contributed by atoms with Crippen molar-refractivity contribution in [3.63, 3.8) is 0 Å². The summed E-state index contributed by atoms with van der Waals surface area (Å²) in [5.41, 5.74) is 3.93. The van der Waals surface area contributed by atoms with E-state index < -0.39 is 0 Å². The Hall–Kier alpha value is -4.13. The quantitative estimate of drug-likeness (QED) is 0.350. The lowest BCUT2D eigenvalue weighted by atomic mass is 9.90. The van der Waals surface area contributed by atoms with Crippen molar-refractivity contribution in [3.05, 3.63) is 89.8 Å². The average Bonchev–Trinajstić information content (AvgIpc) is 3.30. The topological polar surface area (TPSA) is 69.5 Å². The van der Waals surface area contributed by atoms with E-state index >= 15 is 0 Å². The Morgan fingerprint density at radius 3 is 2.61 bits per heavy atom. The van der Waals surface area contributed by atoms with Gasteiger partial charge in [0.05, 0.1) is 37.4 Å². The molecule has 7 nitrogen and oxygen atoms in total. The molecule has 0 aliphatic carbocycles. The molecule has 2 aromatic carbocycles. The molecule has 0 radical (unpaired) electrons. The summed E-state index contributed by atoms with van der Waals surface area (Å²) in [5.74, 6) is 1.66. The fourth-order valence-electron chi connectivity index (χ4n) is 4.85. The highest BCUT2D eigenvalue weighted by Crippen LogP contribution is 2.29. The van der Waals surface area contributed by atoms with E-state index in [-0.39, 0.29) is 5.91 Å². The summed E-state index contributed by atoms with van der Waals surface area (Å²) in [4.78, 5) is 19.4. The number of fused-ring (bicyclic) bond motifs is 1. The molecule has 1 aliphatic rings. The lowest BCUT2D eigenvalue weighted by Gasteiger charge is -2.32. The maximum Gasteiger partial charge on any atom is 0.246 e. The fraction of sp³-hybridized carbons (Fsp3) is 0.276. The number of ether oxygens (including phenoxy) is 2. The normalized spacial score (nSPS) is 15.9. The van der Waals surface area contributed by atoms with Crippen LogP contribution < -0.4 is 9.47 Å². The van der Waals surface area contributed by atoms with Gasteiger partial charge in [-0.1, -0.05) is 42.5 Å². The van der Waals surface area contributed by atoms with Crippen LogP contribution in [0.15, 0.2) is 72.9 Å². The second-order valence-corrected chi connectivity index (χ2v) is 8.97. The number of piperidine rings is 1. The minimum absolute atomic E-state index is 0.00339. The molecule has 1 fully saturated rings. The van der Waals surface area contributed by atoms with Gasteiger partial charge >= 0.3 is 0 Å². The summed E-state index contributed by atoms with van der Waals surface area (Å²) < 4.78 is 12.7. The third-order valence-electron chi connectivity index (χ3n) is 6.73. The summed E-state index contributed by atoms with van der Waals surface area (Å²) in [6.07, 6.45) is 7.21. The van der Waals surface area contributed by atoms with E-state index in [1.165, 1.54) is 5.56 Å². The van der Waals surface area contributed by atoms with Crippen molar-refractivity contribution in [3.8, 4) is 11.6 Å². The minimum Gasteiger partial charge on any atom is -0.497 e. The van der Waals surface area contributed by atoms with Gasteiger partial charge < -0.3 is 14.4 Å². The van der Waals surface area contributed by atoms with E-state index in [2.05, 4.69) is 29.2 Å². The van der Waals surface area contributed by atoms with Gasteiger partial charge in [0.15, 0.2) is 0 Å². The Morgan fingerprint density at radius 1 is 1.06 bits per heavy atom. The molecule has 1 atom stereocenters. The van der Waals surface area contributed by atoms with Crippen LogP contribution in [0.4, 0.5) is 0 Å². The Morgan fingerprint density at radius 2 is 1.86 bits per heavy atom. The van der Waals surface area contributed by atoms with Gasteiger partial charge in [0.25, 0.3) is 0 Å². The largest absolute Gasteiger partial charge is 0.497 e. The van der Waals surface area contributed by atoms with Crippen LogP contribution in [0.5, 0.6) is 11.6 Å². The summed E-state index contributed by atoms with van der Waals surface area (Å²) in [6.45, 7) is 2.06. The van der Waals surface area contributed by atoms with Crippen molar-refractivity contribution in [1.29, 1.82) is 0 Å². The zero-order valence-corrected chi connectivity index (χ0v) is 20.6. The highest BCUT2D eigenvalue weighted by Gasteiger charge is 2.24. The van der Waals surface area contributed by atoms with E-state index in [1.807, 2.05) is 46.0 Å². The molecule has 4 aromatic rings. The van der Waals surface area contributed by atoms with Crippen LogP contribution in [0.1, 0.15) is 35.6 Å². The molecule has 0 N–H and O–H groups in total. The molecule has 184 valence electrons. The Bertz CT molecular complexity index is 1360. The number of amides is 1. The fourth-order valence-corrected chi connectivity index (χ4v) is 4.85. The molecular formula is C29H30N4O3. The van der Waals surface area contributed by atoms with Crippen molar-refractivity contribution in [2.45, 2.75) is 25.3 Å². The molecule has 1 amide bonds. The van der Waals surface area contributed by atoms with Crippen molar-refractivity contribution < 1.29 is 14.3 Å². The highest BCUT2D eigenvalue weighted by molar-refractivity contribution is 5.97. The molecule has 0 unspecified atom stereocenters. The number of likely N-dealkylation sites (tertiary alicyclic amines) is 1. The number of hydrogen-bond donors (Lipinski definition) is 0. The third kappa shape index (κ3) is 4.96. The van der Waals surface area contributed by atoms with Crippen molar-refractivity contribution in [1.82, 2.24) is 19.7 Å².